The van der Waals surface area contributed by atoms with Crippen molar-refractivity contribution >= 4 is 39.0 Å². The summed E-state index contributed by atoms with van der Waals surface area (Å²) < 4.78 is 6.35. The van der Waals surface area contributed by atoms with Gasteiger partial charge in [-0.05, 0) is 106 Å². The average molecular weight is 666 g/mol. The molecule has 0 atom stereocenters. The van der Waals surface area contributed by atoms with E-state index in [9.17, 15) is 0 Å². The van der Waals surface area contributed by atoms with Crippen molar-refractivity contribution in [1.29, 1.82) is 0 Å². The number of furan rings is 1. The molecule has 1 aliphatic carbocycles. The van der Waals surface area contributed by atoms with Crippen LogP contribution in [-0.2, 0) is 5.41 Å². The second kappa shape index (κ2) is 12.0. The summed E-state index contributed by atoms with van der Waals surface area (Å²) in [5, 5.41) is 2.25. The van der Waals surface area contributed by atoms with Crippen molar-refractivity contribution < 1.29 is 4.42 Å². The summed E-state index contributed by atoms with van der Waals surface area (Å²) in [5.41, 5.74) is 16.2. The molecule has 0 unspecified atom stereocenters. The first-order valence-electron chi connectivity index (χ1n) is 17.9. The van der Waals surface area contributed by atoms with E-state index in [1.165, 1.54) is 50.1 Å². The van der Waals surface area contributed by atoms with Crippen LogP contribution in [0.1, 0.15) is 23.6 Å². The van der Waals surface area contributed by atoms with Crippen molar-refractivity contribution in [2.24, 2.45) is 0 Å². The van der Waals surface area contributed by atoms with E-state index in [0.717, 1.165) is 39.0 Å². The summed E-state index contributed by atoms with van der Waals surface area (Å²) in [6.45, 7) is 2.37. The highest BCUT2D eigenvalue weighted by Gasteiger charge is 2.40. The Bertz CT molecular complexity index is 2690. The molecule has 0 aliphatic heterocycles. The number of rotatable bonds is 6. The fourth-order valence-corrected chi connectivity index (χ4v) is 8.31. The van der Waals surface area contributed by atoms with Crippen LogP contribution in [0, 0.1) is 0 Å². The van der Waals surface area contributed by atoms with Crippen LogP contribution < -0.4 is 4.90 Å². The van der Waals surface area contributed by atoms with Gasteiger partial charge in [0, 0.05) is 39.3 Å². The maximum Gasteiger partial charge on any atom is 0.137 e. The number of hydrogen-bond donors (Lipinski definition) is 0. The Balaban J connectivity index is 1.05. The van der Waals surface area contributed by atoms with E-state index in [1.54, 1.807) is 0 Å². The second-order valence-corrected chi connectivity index (χ2v) is 13.9. The summed E-state index contributed by atoms with van der Waals surface area (Å²) in [5.74, 6) is 0. The lowest BCUT2D eigenvalue weighted by atomic mass is 9.74. The van der Waals surface area contributed by atoms with E-state index < -0.39 is 0 Å². The van der Waals surface area contributed by atoms with Crippen LogP contribution in [0.4, 0.5) is 17.1 Å². The molecule has 52 heavy (non-hydrogen) atoms. The molecular formula is C50H35NO. The van der Waals surface area contributed by atoms with Crippen LogP contribution in [0.3, 0.4) is 0 Å². The van der Waals surface area contributed by atoms with Crippen molar-refractivity contribution in [1.82, 2.24) is 0 Å². The Morgan fingerprint density at radius 3 is 1.60 bits per heavy atom. The summed E-state index contributed by atoms with van der Waals surface area (Å²) in [7, 11) is 0. The largest absolute Gasteiger partial charge is 0.456 e. The number of fused-ring (bicyclic) bond motifs is 6. The summed E-state index contributed by atoms with van der Waals surface area (Å²) in [6.07, 6.45) is 0. The Labute approximate surface area is 303 Å². The smallest absolute Gasteiger partial charge is 0.137 e. The van der Waals surface area contributed by atoms with Crippen molar-refractivity contribution in [3.05, 3.63) is 211 Å². The van der Waals surface area contributed by atoms with E-state index in [1.807, 2.05) is 12.1 Å². The van der Waals surface area contributed by atoms with Gasteiger partial charge in [-0.2, -0.15) is 0 Å². The van der Waals surface area contributed by atoms with Crippen molar-refractivity contribution in [2.75, 3.05) is 4.90 Å². The zero-order valence-electron chi connectivity index (χ0n) is 28.8. The number of hydrogen-bond acceptors (Lipinski definition) is 2. The minimum atomic E-state index is -0.235. The third kappa shape index (κ3) is 4.80. The molecule has 246 valence electrons. The molecule has 0 saturated heterocycles. The average Bonchev–Trinajstić information content (AvgIpc) is 3.72. The lowest BCUT2D eigenvalue weighted by Crippen LogP contribution is -2.22. The van der Waals surface area contributed by atoms with Gasteiger partial charge in [0.05, 0.1) is 0 Å². The van der Waals surface area contributed by atoms with Gasteiger partial charge in [0.25, 0.3) is 0 Å². The third-order valence-corrected chi connectivity index (χ3v) is 11.0. The molecule has 1 aliphatic rings. The molecule has 0 radical (unpaired) electrons. The summed E-state index contributed by atoms with van der Waals surface area (Å²) >= 11 is 0. The standard InChI is InChI=1S/C50H35NO/c1-50(46-19-8-5-16-42(46)43-17-6-9-20-47(43)50)38-15-11-14-37(32-38)36-24-28-40(29-25-36)51(39-26-22-35(23-27-39)34-12-3-2-4-13-34)41-30-31-45-44-18-7-10-21-48(44)52-49(45)33-41/h2-33H,1H3. The maximum atomic E-state index is 6.35. The van der Waals surface area contributed by atoms with Gasteiger partial charge in [0.1, 0.15) is 11.2 Å². The zero-order chi connectivity index (χ0) is 34.6. The quantitative estimate of drug-likeness (QED) is 0.176. The van der Waals surface area contributed by atoms with Crippen LogP contribution in [0.5, 0.6) is 0 Å². The predicted molar refractivity (Wildman–Crippen MR) is 217 cm³/mol. The van der Waals surface area contributed by atoms with Gasteiger partial charge in [-0.1, -0.05) is 140 Å². The van der Waals surface area contributed by atoms with Crippen LogP contribution in [-0.4, -0.2) is 0 Å². The highest BCUT2D eigenvalue weighted by molar-refractivity contribution is 6.06. The summed E-state index contributed by atoms with van der Waals surface area (Å²) in [6, 6.07) is 69.9. The zero-order valence-corrected chi connectivity index (χ0v) is 28.8. The monoisotopic (exact) mass is 665 g/mol. The minimum Gasteiger partial charge on any atom is -0.456 e. The fourth-order valence-electron chi connectivity index (χ4n) is 8.31. The Hall–Kier alpha value is -6.64. The molecule has 1 heterocycles. The predicted octanol–water partition coefficient (Wildman–Crippen LogP) is 13.7. The molecule has 0 amide bonds. The highest BCUT2D eigenvalue weighted by atomic mass is 16.3. The summed E-state index contributed by atoms with van der Waals surface area (Å²) in [4.78, 5) is 2.31. The van der Waals surface area contributed by atoms with Gasteiger partial charge in [0.15, 0.2) is 0 Å². The van der Waals surface area contributed by atoms with Crippen molar-refractivity contribution in [3.63, 3.8) is 0 Å². The molecule has 2 nitrogen and oxygen atoms in total. The highest BCUT2D eigenvalue weighted by Crippen LogP contribution is 2.52. The van der Waals surface area contributed by atoms with Gasteiger partial charge in [-0.3, -0.25) is 0 Å². The topological polar surface area (TPSA) is 16.4 Å². The molecule has 10 rings (SSSR count). The van der Waals surface area contributed by atoms with E-state index in [2.05, 4.69) is 194 Å². The van der Waals surface area contributed by atoms with E-state index >= 15 is 0 Å². The molecule has 1 aromatic heterocycles. The normalized spacial score (nSPS) is 12.9. The Morgan fingerprint density at radius 1 is 0.385 bits per heavy atom. The van der Waals surface area contributed by atoms with Crippen LogP contribution in [0.2, 0.25) is 0 Å². The van der Waals surface area contributed by atoms with Crippen molar-refractivity contribution in [2.45, 2.75) is 12.3 Å². The first-order chi connectivity index (χ1) is 25.6. The maximum absolute atomic E-state index is 6.35. The number of benzene rings is 8. The Kier molecular flexibility index (Phi) is 6.97. The van der Waals surface area contributed by atoms with Crippen LogP contribution in [0.25, 0.3) is 55.3 Å². The molecule has 0 bridgehead atoms. The van der Waals surface area contributed by atoms with E-state index in [-0.39, 0.29) is 5.41 Å². The molecular weight excluding hydrogens is 631 g/mol. The second-order valence-electron chi connectivity index (χ2n) is 13.9. The van der Waals surface area contributed by atoms with Crippen LogP contribution >= 0.6 is 0 Å². The lowest BCUT2D eigenvalue weighted by molar-refractivity contribution is 0.669. The lowest BCUT2D eigenvalue weighted by Gasteiger charge is -2.29. The number of para-hydroxylation sites is 1. The van der Waals surface area contributed by atoms with Gasteiger partial charge >= 0.3 is 0 Å². The number of nitrogens with zero attached hydrogens (tertiary/aromatic N) is 1. The molecule has 9 aromatic rings. The van der Waals surface area contributed by atoms with Gasteiger partial charge < -0.3 is 9.32 Å². The fraction of sp³-hybridized carbons (Fsp3) is 0.0400. The molecule has 0 N–H and O–H groups in total. The molecule has 0 fully saturated rings. The molecule has 0 saturated carbocycles. The van der Waals surface area contributed by atoms with Crippen LogP contribution in [0.15, 0.2) is 199 Å². The first kappa shape index (κ1) is 30.2. The van der Waals surface area contributed by atoms with Gasteiger partial charge in [-0.25, -0.2) is 0 Å². The third-order valence-electron chi connectivity index (χ3n) is 11.0. The minimum absolute atomic E-state index is 0.235. The first-order valence-corrected chi connectivity index (χ1v) is 17.9. The van der Waals surface area contributed by atoms with E-state index in [0.29, 0.717) is 0 Å². The SMILES string of the molecule is CC1(c2cccc(-c3ccc(N(c4ccc(-c5ccccc5)cc4)c4ccc5c(c4)oc4ccccc45)cc3)c2)c2ccccc2-c2ccccc21. The van der Waals surface area contributed by atoms with Gasteiger partial charge in [-0.15, -0.1) is 0 Å². The Morgan fingerprint density at radius 2 is 0.904 bits per heavy atom. The van der Waals surface area contributed by atoms with Crippen molar-refractivity contribution in [3.8, 4) is 33.4 Å². The molecule has 0 spiro atoms. The molecule has 8 aromatic carbocycles. The van der Waals surface area contributed by atoms with E-state index in [4.69, 9.17) is 4.42 Å². The number of anilines is 3. The molecule has 2 heteroatoms. The van der Waals surface area contributed by atoms with Gasteiger partial charge in [0.2, 0.25) is 0 Å².